The number of hydrogen-bond donors (Lipinski definition) is 2. The fourth-order valence-electron chi connectivity index (χ4n) is 5.71. The van der Waals surface area contributed by atoms with Crippen molar-refractivity contribution in [2.75, 3.05) is 6.61 Å². The van der Waals surface area contributed by atoms with Crippen LogP contribution in [0, 0.1) is 17.8 Å². The number of fused-ring (bicyclic) bond motifs is 3. The van der Waals surface area contributed by atoms with Gasteiger partial charge in [-0.1, -0.05) is 17.7 Å². The summed E-state index contributed by atoms with van der Waals surface area (Å²) in [4.78, 5) is 51.5. The predicted molar refractivity (Wildman–Crippen MR) is 114 cm³/mol. The molecular weight excluding hydrogens is 426 g/mol. The minimum absolute atomic E-state index is 0.0468. The molecule has 0 spiro atoms. The highest BCUT2D eigenvalue weighted by atomic mass is 16.5. The van der Waals surface area contributed by atoms with E-state index in [9.17, 15) is 29.5 Å². The maximum atomic E-state index is 13.3. The van der Waals surface area contributed by atoms with Crippen molar-refractivity contribution in [1.82, 2.24) is 5.06 Å². The monoisotopic (exact) mass is 449 g/mol. The van der Waals surface area contributed by atoms with Gasteiger partial charge in [-0.15, -0.1) is 0 Å². The Hall–Kier alpha value is -3.52. The Morgan fingerprint density at radius 1 is 1.12 bits per heavy atom. The molecule has 1 fully saturated rings. The summed E-state index contributed by atoms with van der Waals surface area (Å²) in [7, 11) is 0. The van der Waals surface area contributed by atoms with E-state index in [0.29, 0.717) is 28.9 Å². The maximum absolute atomic E-state index is 13.3. The lowest BCUT2D eigenvalue weighted by molar-refractivity contribution is -0.173. The summed E-state index contributed by atoms with van der Waals surface area (Å²) in [5, 5.41) is 20.4. The van der Waals surface area contributed by atoms with Gasteiger partial charge in [-0.3, -0.25) is 24.4 Å². The highest BCUT2D eigenvalue weighted by Gasteiger charge is 2.56. The molecule has 1 heterocycles. The van der Waals surface area contributed by atoms with Crippen molar-refractivity contribution in [3.05, 3.63) is 58.2 Å². The van der Waals surface area contributed by atoms with Crippen LogP contribution in [0.4, 0.5) is 0 Å². The second-order valence-electron chi connectivity index (χ2n) is 8.88. The van der Waals surface area contributed by atoms with Gasteiger partial charge in [0, 0.05) is 22.6 Å². The number of ketones is 2. The number of benzene rings is 1. The Morgan fingerprint density at radius 2 is 1.88 bits per heavy atom. The fraction of sp³-hybridized carbons (Fsp3) is 0.360. The topological polar surface area (TPSA) is 121 Å². The van der Waals surface area contributed by atoms with Gasteiger partial charge in [0.05, 0.1) is 18.4 Å². The lowest BCUT2D eigenvalue weighted by atomic mass is 9.59. The molecule has 2 amide bonds. The van der Waals surface area contributed by atoms with Crippen molar-refractivity contribution in [3.63, 3.8) is 0 Å². The highest BCUT2D eigenvalue weighted by Crippen LogP contribution is 2.55. The number of ether oxygens (including phenoxy) is 1. The summed E-state index contributed by atoms with van der Waals surface area (Å²) in [6.45, 7) is 3.71. The van der Waals surface area contributed by atoms with Crippen LogP contribution in [-0.2, 0) is 19.2 Å². The zero-order chi connectivity index (χ0) is 23.6. The van der Waals surface area contributed by atoms with Crippen molar-refractivity contribution in [3.8, 4) is 11.5 Å². The van der Waals surface area contributed by atoms with Crippen LogP contribution in [0.5, 0.6) is 11.5 Å². The normalized spacial score (nSPS) is 28.9. The van der Waals surface area contributed by atoms with Gasteiger partial charge >= 0.3 is 0 Å². The molecule has 2 N–H and O–H groups in total. The number of imide groups is 1. The number of phenolic OH excluding ortho intramolecular Hbond substituents is 1. The van der Waals surface area contributed by atoms with Gasteiger partial charge < -0.3 is 9.84 Å². The van der Waals surface area contributed by atoms with E-state index >= 15 is 0 Å². The lowest BCUT2D eigenvalue weighted by Crippen LogP contribution is -2.39. The largest absolute Gasteiger partial charge is 0.504 e. The van der Waals surface area contributed by atoms with Crippen molar-refractivity contribution < 1.29 is 34.2 Å². The first-order chi connectivity index (χ1) is 15.7. The van der Waals surface area contributed by atoms with Gasteiger partial charge in [-0.2, -0.15) is 5.06 Å². The van der Waals surface area contributed by atoms with E-state index in [1.807, 2.05) is 6.08 Å². The van der Waals surface area contributed by atoms with E-state index in [-0.39, 0.29) is 41.0 Å². The van der Waals surface area contributed by atoms with Crippen LogP contribution in [0.2, 0.25) is 0 Å². The average molecular weight is 449 g/mol. The molecule has 170 valence electrons. The smallest absolute Gasteiger partial charge is 0.257 e. The van der Waals surface area contributed by atoms with E-state index < -0.39 is 35.5 Å². The van der Waals surface area contributed by atoms with E-state index in [2.05, 4.69) is 0 Å². The number of rotatable bonds is 3. The zero-order valence-corrected chi connectivity index (χ0v) is 18.2. The summed E-state index contributed by atoms with van der Waals surface area (Å²) >= 11 is 0. The van der Waals surface area contributed by atoms with Gasteiger partial charge in [0.25, 0.3) is 11.8 Å². The Bertz CT molecular complexity index is 1220. The average Bonchev–Trinajstić information content (AvgIpc) is 3.02. The van der Waals surface area contributed by atoms with Crippen LogP contribution in [-0.4, -0.2) is 45.4 Å². The Morgan fingerprint density at radius 3 is 2.61 bits per heavy atom. The number of allylic oxidation sites excluding steroid dienone is 6. The summed E-state index contributed by atoms with van der Waals surface area (Å²) in [5.74, 6) is -4.24. The second-order valence-corrected chi connectivity index (χ2v) is 8.88. The summed E-state index contributed by atoms with van der Waals surface area (Å²) in [6.07, 6.45) is 3.58. The third-order valence-corrected chi connectivity index (χ3v) is 7.16. The highest BCUT2D eigenvalue weighted by molar-refractivity contribution is 6.23. The molecule has 1 aromatic carbocycles. The number of amides is 2. The van der Waals surface area contributed by atoms with E-state index in [1.54, 1.807) is 26.0 Å². The predicted octanol–water partition coefficient (Wildman–Crippen LogP) is 2.61. The van der Waals surface area contributed by atoms with Crippen LogP contribution in [0.15, 0.2) is 52.6 Å². The van der Waals surface area contributed by atoms with Gasteiger partial charge in [-0.25, -0.2) is 0 Å². The quantitative estimate of drug-likeness (QED) is 0.315. The molecule has 1 aliphatic heterocycles. The molecular formula is C25H23NO7. The number of nitrogens with zero attached hydrogens (tertiary/aromatic N) is 1. The number of hydroxylamine groups is 2. The number of carbonyl (C=O) groups is 4. The molecule has 5 rings (SSSR count). The third kappa shape index (κ3) is 3.01. The van der Waals surface area contributed by atoms with Crippen molar-refractivity contribution in [1.29, 1.82) is 0 Å². The Balaban J connectivity index is 1.71. The molecule has 4 aliphatic rings. The molecule has 0 saturated carbocycles. The van der Waals surface area contributed by atoms with E-state index in [1.165, 1.54) is 12.1 Å². The summed E-state index contributed by atoms with van der Waals surface area (Å²) in [5.41, 5.74) is 2.46. The molecule has 3 aliphatic carbocycles. The molecule has 8 heteroatoms. The number of hydrogen-bond acceptors (Lipinski definition) is 7. The first kappa shape index (κ1) is 21.3. The first-order valence-corrected chi connectivity index (χ1v) is 11.0. The Kier molecular flexibility index (Phi) is 4.86. The minimum Gasteiger partial charge on any atom is -0.504 e. The number of phenols is 1. The van der Waals surface area contributed by atoms with Crippen molar-refractivity contribution in [2.24, 2.45) is 17.8 Å². The molecule has 33 heavy (non-hydrogen) atoms. The molecule has 0 aromatic heterocycles. The minimum atomic E-state index is -0.794. The van der Waals surface area contributed by atoms with Gasteiger partial charge in [0.1, 0.15) is 0 Å². The van der Waals surface area contributed by atoms with E-state index in [0.717, 1.165) is 5.57 Å². The van der Waals surface area contributed by atoms with Crippen LogP contribution in [0.25, 0.3) is 0 Å². The first-order valence-electron chi connectivity index (χ1n) is 11.0. The molecule has 1 aromatic rings. The maximum Gasteiger partial charge on any atom is 0.257 e. The molecule has 4 unspecified atom stereocenters. The number of aromatic hydroxyl groups is 1. The van der Waals surface area contributed by atoms with Crippen molar-refractivity contribution >= 4 is 23.4 Å². The van der Waals surface area contributed by atoms with Gasteiger partial charge in [0.15, 0.2) is 23.1 Å². The van der Waals surface area contributed by atoms with Crippen LogP contribution >= 0.6 is 0 Å². The summed E-state index contributed by atoms with van der Waals surface area (Å²) < 4.78 is 5.54. The molecule has 0 bridgehead atoms. The van der Waals surface area contributed by atoms with Crippen LogP contribution in [0.1, 0.15) is 38.2 Å². The van der Waals surface area contributed by atoms with Crippen molar-refractivity contribution in [2.45, 2.75) is 32.6 Å². The van der Waals surface area contributed by atoms with Gasteiger partial charge in [0.2, 0.25) is 0 Å². The second kappa shape index (κ2) is 7.52. The fourth-order valence-corrected chi connectivity index (χ4v) is 5.71. The Labute approximate surface area is 189 Å². The molecule has 0 radical (unpaired) electrons. The standard InChI is InChI=1S/C25H23NO7/c1-3-33-19-9-12(4-7-17(19)27)20-13-5-6-14-21(25(31)26(32)24(14)30)15(13)10-16-18(28)8-11(2)23(29)22(16)20/h4-5,7-9,14-15,20-21,27,32H,3,6,10H2,1-2H3. The SMILES string of the molecule is CCOc1cc(C2C3=CCC4C(=O)N(O)C(=O)C4C3CC3=C2C(=O)C(C)=CC3=O)ccc1O. The number of Topliss-reactive ketones (excluding diaryl/α,β-unsaturated/α-hetero) is 1. The molecule has 8 nitrogen and oxygen atoms in total. The van der Waals surface area contributed by atoms with E-state index in [4.69, 9.17) is 4.74 Å². The summed E-state index contributed by atoms with van der Waals surface area (Å²) in [6, 6.07) is 4.80. The third-order valence-electron chi connectivity index (χ3n) is 7.16. The van der Waals surface area contributed by atoms with Gasteiger partial charge in [-0.05, 0) is 56.4 Å². The lowest BCUT2D eigenvalue weighted by Gasteiger charge is -2.42. The van der Waals surface area contributed by atoms with Crippen LogP contribution in [0.3, 0.4) is 0 Å². The van der Waals surface area contributed by atoms with Crippen LogP contribution < -0.4 is 4.74 Å². The zero-order valence-electron chi connectivity index (χ0n) is 18.2. The molecule has 4 atom stereocenters. The molecule has 1 saturated heterocycles. The number of carbonyl (C=O) groups excluding carboxylic acids is 4.